The average Bonchev–Trinajstić information content (AvgIpc) is 2.75. The van der Waals surface area contributed by atoms with Crippen LogP contribution in [0.2, 0.25) is 0 Å². The monoisotopic (exact) mass is 504 g/mol. The van der Waals surface area contributed by atoms with Gasteiger partial charge in [-0.05, 0) is 116 Å². The molecule has 5 saturated carbocycles. The second-order valence-electron chi connectivity index (χ2n) is 14.6. The van der Waals surface area contributed by atoms with Crippen molar-refractivity contribution < 1.29 is 24.2 Å². The topological polar surface area (TPSA) is 72.8 Å². The smallest absolute Gasteiger partial charge is 0.309 e. The molecule has 0 aliphatic heterocycles. The van der Waals surface area contributed by atoms with Crippen LogP contribution in [-0.2, 0) is 19.1 Å². The largest absolute Gasteiger partial charge is 0.459 e. The molecular formula is C31H52O5. The van der Waals surface area contributed by atoms with E-state index in [0.717, 1.165) is 50.9 Å². The van der Waals surface area contributed by atoms with Gasteiger partial charge in [0.1, 0.15) is 11.2 Å². The number of esters is 2. The van der Waals surface area contributed by atoms with Crippen LogP contribution in [0.1, 0.15) is 126 Å². The second-order valence-corrected chi connectivity index (χ2v) is 14.6. The van der Waals surface area contributed by atoms with E-state index >= 15 is 0 Å². The molecule has 5 fully saturated rings. The Morgan fingerprint density at radius 1 is 0.944 bits per heavy atom. The molecule has 5 heteroatoms. The molecule has 4 unspecified atom stereocenters. The van der Waals surface area contributed by atoms with E-state index in [9.17, 15) is 14.7 Å². The average molecular weight is 505 g/mol. The standard InChI is InChI=1S/C31H52O5/c1-8-24(13-21(3)26(32)35-28(4,5)25-11-9-20(2)10-12-25)27(33)36-29(6,7)30-15-22-14-23(16-30)18-31(34,17-22)19-30/h20-25,34H,8-19H2,1-7H3. The van der Waals surface area contributed by atoms with Crippen LogP contribution in [0.3, 0.4) is 0 Å². The first-order valence-electron chi connectivity index (χ1n) is 14.9. The van der Waals surface area contributed by atoms with Gasteiger partial charge in [0.25, 0.3) is 0 Å². The lowest BCUT2D eigenvalue weighted by Gasteiger charge is -2.64. The van der Waals surface area contributed by atoms with Crippen LogP contribution in [-0.4, -0.2) is 33.8 Å². The number of hydrogen-bond acceptors (Lipinski definition) is 5. The maximum absolute atomic E-state index is 13.4. The number of rotatable bonds is 9. The van der Waals surface area contributed by atoms with Crippen molar-refractivity contribution in [2.75, 3.05) is 0 Å². The number of hydrogen-bond donors (Lipinski definition) is 1. The summed E-state index contributed by atoms with van der Waals surface area (Å²) in [5.74, 6) is 1.15. The molecule has 4 bridgehead atoms. The van der Waals surface area contributed by atoms with Gasteiger partial charge in [0, 0.05) is 5.41 Å². The van der Waals surface area contributed by atoms with Gasteiger partial charge in [-0.15, -0.1) is 0 Å². The summed E-state index contributed by atoms with van der Waals surface area (Å²) < 4.78 is 12.4. The van der Waals surface area contributed by atoms with Crippen molar-refractivity contribution in [2.45, 2.75) is 142 Å². The highest BCUT2D eigenvalue weighted by atomic mass is 16.6. The fraction of sp³-hybridized carbons (Fsp3) is 0.935. The van der Waals surface area contributed by atoms with Crippen LogP contribution in [0.4, 0.5) is 0 Å². The highest BCUT2D eigenvalue weighted by Crippen LogP contribution is 2.65. The third kappa shape index (κ3) is 5.52. The first-order valence-corrected chi connectivity index (χ1v) is 14.9. The highest BCUT2D eigenvalue weighted by Gasteiger charge is 2.63. The van der Waals surface area contributed by atoms with Gasteiger partial charge in [0.2, 0.25) is 0 Å². The molecule has 0 aromatic carbocycles. The van der Waals surface area contributed by atoms with Crippen molar-refractivity contribution in [3.63, 3.8) is 0 Å². The van der Waals surface area contributed by atoms with E-state index in [1.165, 1.54) is 19.3 Å². The Balaban J connectivity index is 1.35. The Labute approximate surface area is 219 Å². The van der Waals surface area contributed by atoms with Crippen LogP contribution in [0, 0.1) is 40.9 Å². The summed E-state index contributed by atoms with van der Waals surface area (Å²) >= 11 is 0. The normalized spacial score (nSPS) is 37.9. The first kappa shape index (κ1) is 27.9. The van der Waals surface area contributed by atoms with E-state index in [4.69, 9.17) is 9.47 Å². The molecule has 5 aliphatic carbocycles. The summed E-state index contributed by atoms with van der Waals surface area (Å²) in [4.78, 5) is 26.5. The fourth-order valence-electron chi connectivity index (χ4n) is 8.71. The van der Waals surface area contributed by atoms with Crippen LogP contribution in [0.15, 0.2) is 0 Å². The van der Waals surface area contributed by atoms with Crippen molar-refractivity contribution in [3.8, 4) is 0 Å². The summed E-state index contributed by atoms with van der Waals surface area (Å²) in [6.45, 7) is 14.4. The van der Waals surface area contributed by atoms with Crippen LogP contribution in [0.5, 0.6) is 0 Å². The zero-order valence-corrected chi connectivity index (χ0v) is 24.0. The van der Waals surface area contributed by atoms with Gasteiger partial charge in [0.05, 0.1) is 17.4 Å². The Bertz CT molecular complexity index is 807. The molecule has 5 nitrogen and oxygen atoms in total. The Hall–Kier alpha value is -1.10. The van der Waals surface area contributed by atoms with Gasteiger partial charge in [-0.25, -0.2) is 0 Å². The summed E-state index contributed by atoms with van der Waals surface area (Å²) in [5.41, 5.74) is -1.84. The van der Waals surface area contributed by atoms with E-state index < -0.39 is 16.8 Å². The molecule has 0 aromatic rings. The lowest BCUT2D eigenvalue weighted by atomic mass is 9.44. The third-order valence-corrected chi connectivity index (χ3v) is 10.9. The van der Waals surface area contributed by atoms with E-state index in [-0.39, 0.29) is 29.2 Å². The minimum Gasteiger partial charge on any atom is -0.459 e. The quantitative estimate of drug-likeness (QED) is 0.348. The summed E-state index contributed by atoms with van der Waals surface area (Å²) in [6.07, 6.45) is 11.5. The molecule has 4 atom stereocenters. The molecule has 206 valence electrons. The molecule has 1 N–H and O–H groups in total. The Morgan fingerprint density at radius 3 is 2.06 bits per heavy atom. The van der Waals surface area contributed by atoms with Gasteiger partial charge in [0.15, 0.2) is 0 Å². The maximum Gasteiger partial charge on any atom is 0.309 e. The van der Waals surface area contributed by atoms with Crippen LogP contribution >= 0.6 is 0 Å². The Morgan fingerprint density at radius 2 is 1.53 bits per heavy atom. The van der Waals surface area contributed by atoms with Gasteiger partial charge < -0.3 is 14.6 Å². The molecule has 0 saturated heterocycles. The molecule has 0 radical (unpaired) electrons. The van der Waals surface area contributed by atoms with Gasteiger partial charge in [-0.1, -0.05) is 33.6 Å². The van der Waals surface area contributed by atoms with Crippen molar-refractivity contribution in [2.24, 2.45) is 40.9 Å². The fourth-order valence-corrected chi connectivity index (χ4v) is 8.71. The van der Waals surface area contributed by atoms with E-state index in [1.54, 1.807) is 0 Å². The maximum atomic E-state index is 13.4. The zero-order valence-electron chi connectivity index (χ0n) is 24.0. The van der Waals surface area contributed by atoms with Crippen molar-refractivity contribution in [1.82, 2.24) is 0 Å². The molecule has 0 spiro atoms. The molecule has 0 amide bonds. The molecule has 0 aromatic heterocycles. The van der Waals surface area contributed by atoms with E-state index in [2.05, 4.69) is 20.8 Å². The van der Waals surface area contributed by atoms with Gasteiger partial charge in [-0.3, -0.25) is 9.59 Å². The van der Waals surface area contributed by atoms with Crippen LogP contribution < -0.4 is 0 Å². The number of aliphatic hydroxyl groups is 1. The van der Waals surface area contributed by atoms with Gasteiger partial charge >= 0.3 is 11.9 Å². The van der Waals surface area contributed by atoms with Crippen molar-refractivity contribution in [3.05, 3.63) is 0 Å². The summed E-state index contributed by atoms with van der Waals surface area (Å²) in [5, 5.41) is 11.2. The van der Waals surface area contributed by atoms with Crippen LogP contribution in [0.25, 0.3) is 0 Å². The third-order valence-electron chi connectivity index (χ3n) is 10.9. The summed E-state index contributed by atoms with van der Waals surface area (Å²) in [7, 11) is 0. The molecule has 5 aliphatic rings. The number of carbonyl (C=O) groups excluding carboxylic acids is 2. The predicted molar refractivity (Wildman–Crippen MR) is 141 cm³/mol. The molecule has 36 heavy (non-hydrogen) atoms. The van der Waals surface area contributed by atoms with Crippen molar-refractivity contribution in [1.29, 1.82) is 0 Å². The SMILES string of the molecule is CCC(CC(C)C(=O)OC(C)(C)C1CCC(C)CC1)C(=O)OC(C)(C)C12CC3CC(CC(O)(C3)C1)C2. The molecule has 0 heterocycles. The lowest BCUT2D eigenvalue weighted by molar-refractivity contribution is -0.234. The van der Waals surface area contributed by atoms with E-state index in [1.807, 2.05) is 27.7 Å². The Kier molecular flexibility index (Phi) is 7.67. The summed E-state index contributed by atoms with van der Waals surface area (Å²) in [6, 6.07) is 0. The predicted octanol–water partition coefficient (Wildman–Crippen LogP) is 6.84. The minimum absolute atomic E-state index is 0.147. The van der Waals surface area contributed by atoms with Gasteiger partial charge in [-0.2, -0.15) is 0 Å². The minimum atomic E-state index is -0.632. The van der Waals surface area contributed by atoms with E-state index in [0.29, 0.717) is 30.6 Å². The number of carbonyl (C=O) groups is 2. The second kappa shape index (κ2) is 9.89. The van der Waals surface area contributed by atoms with Crippen molar-refractivity contribution >= 4 is 11.9 Å². The first-order chi connectivity index (χ1) is 16.7. The highest BCUT2D eigenvalue weighted by molar-refractivity contribution is 5.76. The number of ether oxygens (including phenoxy) is 2. The zero-order chi connectivity index (χ0) is 26.5. The molecule has 5 rings (SSSR count). The molecular weight excluding hydrogens is 452 g/mol. The lowest BCUT2D eigenvalue weighted by Crippen LogP contribution is -2.63.